The fraction of sp³-hybridized carbons (Fsp3) is 0. The van der Waals surface area contributed by atoms with Crippen molar-refractivity contribution < 1.29 is 9.18 Å². The minimum absolute atomic E-state index is 0.324. The lowest BCUT2D eigenvalue weighted by molar-refractivity contribution is 0.102. The van der Waals surface area contributed by atoms with Gasteiger partial charge in [0.1, 0.15) is 5.82 Å². The van der Waals surface area contributed by atoms with Crippen LogP contribution >= 0.6 is 22.9 Å². The van der Waals surface area contributed by atoms with Crippen molar-refractivity contribution in [3.63, 3.8) is 0 Å². The Morgan fingerprint density at radius 3 is 2.70 bits per heavy atom. The minimum Gasteiger partial charge on any atom is -0.298 e. The fourth-order valence-corrected chi connectivity index (χ4v) is 2.73. The molecule has 0 aliphatic carbocycles. The molecule has 0 atom stereocenters. The van der Waals surface area contributed by atoms with Crippen LogP contribution in [0.3, 0.4) is 0 Å². The molecular weight excluding hydrogens is 299 g/mol. The van der Waals surface area contributed by atoms with Gasteiger partial charge in [-0.15, -0.1) is 0 Å². The summed E-state index contributed by atoms with van der Waals surface area (Å²) in [6.45, 7) is 0. The molecule has 2 aromatic carbocycles. The highest BCUT2D eigenvalue weighted by Crippen LogP contribution is 2.28. The molecule has 1 N–H and O–H groups in total. The van der Waals surface area contributed by atoms with Gasteiger partial charge in [0.05, 0.1) is 10.2 Å². The summed E-state index contributed by atoms with van der Waals surface area (Å²) in [7, 11) is 0. The number of hydrogen-bond acceptors (Lipinski definition) is 3. The molecule has 0 fully saturated rings. The molecule has 0 saturated heterocycles. The SMILES string of the molecule is O=C(Nc1nc2cc(Cl)ccc2s1)c1ccc(F)cc1. The van der Waals surface area contributed by atoms with Crippen molar-refractivity contribution in [2.24, 2.45) is 0 Å². The number of nitrogens with one attached hydrogen (secondary N) is 1. The maximum absolute atomic E-state index is 12.8. The Morgan fingerprint density at radius 2 is 1.95 bits per heavy atom. The van der Waals surface area contributed by atoms with Crippen LogP contribution in [0.1, 0.15) is 10.4 Å². The maximum Gasteiger partial charge on any atom is 0.257 e. The molecule has 1 aromatic heterocycles. The van der Waals surface area contributed by atoms with Crippen LogP contribution in [0.4, 0.5) is 9.52 Å². The van der Waals surface area contributed by atoms with Crippen molar-refractivity contribution in [2.45, 2.75) is 0 Å². The summed E-state index contributed by atoms with van der Waals surface area (Å²) in [6, 6.07) is 10.7. The molecule has 3 rings (SSSR count). The summed E-state index contributed by atoms with van der Waals surface area (Å²) < 4.78 is 13.7. The summed E-state index contributed by atoms with van der Waals surface area (Å²) in [5.74, 6) is -0.702. The van der Waals surface area contributed by atoms with Gasteiger partial charge in [-0.05, 0) is 42.5 Å². The summed E-state index contributed by atoms with van der Waals surface area (Å²) in [5.41, 5.74) is 1.11. The largest absolute Gasteiger partial charge is 0.298 e. The molecule has 0 radical (unpaired) electrons. The van der Waals surface area contributed by atoms with E-state index in [2.05, 4.69) is 10.3 Å². The predicted octanol–water partition coefficient (Wildman–Crippen LogP) is 4.34. The number of rotatable bonds is 2. The fourth-order valence-electron chi connectivity index (χ4n) is 1.72. The van der Waals surface area contributed by atoms with Gasteiger partial charge >= 0.3 is 0 Å². The lowest BCUT2D eigenvalue weighted by Crippen LogP contribution is -2.11. The standard InChI is InChI=1S/C14H8ClFN2OS/c15-9-3-6-12-11(7-9)17-14(20-12)18-13(19)8-1-4-10(16)5-2-8/h1-7H,(H,17,18,19). The van der Waals surface area contributed by atoms with E-state index in [1.165, 1.54) is 35.6 Å². The molecule has 6 heteroatoms. The lowest BCUT2D eigenvalue weighted by atomic mass is 10.2. The van der Waals surface area contributed by atoms with Crippen LogP contribution in [0.25, 0.3) is 10.2 Å². The van der Waals surface area contributed by atoms with Crippen molar-refractivity contribution in [2.75, 3.05) is 5.32 Å². The zero-order valence-electron chi connectivity index (χ0n) is 10.1. The number of carbonyl (C=O) groups is 1. The van der Waals surface area contributed by atoms with E-state index in [1.54, 1.807) is 12.1 Å². The predicted molar refractivity (Wildman–Crippen MR) is 79.0 cm³/mol. The van der Waals surface area contributed by atoms with Crippen molar-refractivity contribution in [3.05, 3.63) is 58.9 Å². The number of anilines is 1. The topological polar surface area (TPSA) is 42.0 Å². The number of benzene rings is 2. The van der Waals surface area contributed by atoms with Gasteiger partial charge in [0.15, 0.2) is 5.13 Å². The third-order valence-electron chi connectivity index (χ3n) is 2.68. The first-order valence-electron chi connectivity index (χ1n) is 5.75. The Bertz CT molecular complexity index is 785. The van der Waals surface area contributed by atoms with Gasteiger partial charge in [0, 0.05) is 10.6 Å². The average Bonchev–Trinajstić information content (AvgIpc) is 2.80. The highest BCUT2D eigenvalue weighted by molar-refractivity contribution is 7.22. The Labute approximate surface area is 123 Å². The van der Waals surface area contributed by atoms with Crippen LogP contribution in [0, 0.1) is 5.82 Å². The maximum atomic E-state index is 12.8. The Hall–Kier alpha value is -1.98. The van der Waals surface area contributed by atoms with Gasteiger partial charge in [-0.2, -0.15) is 0 Å². The van der Waals surface area contributed by atoms with E-state index >= 15 is 0 Å². The third kappa shape index (κ3) is 2.64. The molecule has 0 unspecified atom stereocenters. The van der Waals surface area contributed by atoms with Crippen molar-refractivity contribution >= 4 is 44.2 Å². The van der Waals surface area contributed by atoms with Gasteiger partial charge < -0.3 is 0 Å². The Kier molecular flexibility index (Phi) is 3.38. The van der Waals surface area contributed by atoms with E-state index in [0.717, 1.165) is 10.2 Å². The highest BCUT2D eigenvalue weighted by Gasteiger charge is 2.10. The van der Waals surface area contributed by atoms with Crippen molar-refractivity contribution in [1.82, 2.24) is 4.98 Å². The molecule has 0 saturated carbocycles. The molecule has 0 bridgehead atoms. The molecule has 1 heterocycles. The molecule has 3 aromatic rings. The average molecular weight is 307 g/mol. The Balaban J connectivity index is 1.85. The molecule has 0 aliphatic heterocycles. The van der Waals surface area contributed by atoms with Crippen LogP contribution in [0.2, 0.25) is 5.02 Å². The normalized spacial score (nSPS) is 10.7. The van der Waals surface area contributed by atoms with E-state index in [1.807, 2.05) is 6.07 Å². The summed E-state index contributed by atoms with van der Waals surface area (Å²) >= 11 is 7.24. The number of halogens is 2. The van der Waals surface area contributed by atoms with Gasteiger partial charge in [-0.1, -0.05) is 22.9 Å². The van der Waals surface area contributed by atoms with E-state index in [4.69, 9.17) is 11.6 Å². The summed E-state index contributed by atoms with van der Waals surface area (Å²) in [4.78, 5) is 16.3. The van der Waals surface area contributed by atoms with Gasteiger partial charge in [0.25, 0.3) is 5.91 Å². The molecule has 20 heavy (non-hydrogen) atoms. The van der Waals surface area contributed by atoms with Crippen LogP contribution in [0.5, 0.6) is 0 Å². The van der Waals surface area contributed by atoms with E-state index in [9.17, 15) is 9.18 Å². The number of thiazole rings is 1. The van der Waals surface area contributed by atoms with Crippen molar-refractivity contribution in [3.8, 4) is 0 Å². The third-order valence-corrected chi connectivity index (χ3v) is 3.86. The number of hydrogen-bond donors (Lipinski definition) is 1. The second-order valence-electron chi connectivity index (χ2n) is 4.09. The number of nitrogens with zero attached hydrogens (tertiary/aromatic N) is 1. The zero-order chi connectivity index (χ0) is 14.1. The highest BCUT2D eigenvalue weighted by atomic mass is 35.5. The molecule has 0 aliphatic rings. The van der Waals surface area contributed by atoms with Gasteiger partial charge in [-0.25, -0.2) is 9.37 Å². The Morgan fingerprint density at radius 1 is 1.20 bits per heavy atom. The second-order valence-corrected chi connectivity index (χ2v) is 5.56. The van der Waals surface area contributed by atoms with Crippen LogP contribution in [-0.2, 0) is 0 Å². The number of aromatic nitrogens is 1. The number of fused-ring (bicyclic) bond motifs is 1. The zero-order valence-corrected chi connectivity index (χ0v) is 11.6. The number of amides is 1. The lowest BCUT2D eigenvalue weighted by Gasteiger charge is -2.00. The van der Waals surface area contributed by atoms with E-state index < -0.39 is 0 Å². The van der Waals surface area contributed by atoms with Crippen molar-refractivity contribution in [1.29, 1.82) is 0 Å². The monoisotopic (exact) mass is 306 g/mol. The second kappa shape index (κ2) is 5.19. The first-order valence-corrected chi connectivity index (χ1v) is 6.94. The number of carbonyl (C=O) groups excluding carboxylic acids is 1. The van der Waals surface area contributed by atoms with Gasteiger partial charge in [-0.3, -0.25) is 10.1 Å². The summed E-state index contributed by atoms with van der Waals surface area (Å²) in [5, 5.41) is 3.77. The first kappa shape index (κ1) is 13.0. The van der Waals surface area contributed by atoms with Crippen LogP contribution < -0.4 is 5.32 Å². The minimum atomic E-state index is -0.379. The van der Waals surface area contributed by atoms with Crippen LogP contribution in [0.15, 0.2) is 42.5 Å². The van der Waals surface area contributed by atoms with E-state index in [0.29, 0.717) is 15.7 Å². The molecule has 3 nitrogen and oxygen atoms in total. The molecule has 0 spiro atoms. The smallest absolute Gasteiger partial charge is 0.257 e. The van der Waals surface area contributed by atoms with Gasteiger partial charge in [0.2, 0.25) is 0 Å². The first-order chi connectivity index (χ1) is 9.61. The molecular formula is C14H8ClFN2OS. The molecule has 100 valence electrons. The summed E-state index contributed by atoms with van der Waals surface area (Å²) in [6.07, 6.45) is 0. The quantitative estimate of drug-likeness (QED) is 0.765. The van der Waals surface area contributed by atoms with E-state index in [-0.39, 0.29) is 11.7 Å². The van der Waals surface area contributed by atoms with Crippen LogP contribution in [-0.4, -0.2) is 10.9 Å². The molecule has 1 amide bonds.